The van der Waals surface area contributed by atoms with Crippen LogP contribution in [0.4, 0.5) is 5.82 Å². The van der Waals surface area contributed by atoms with E-state index in [1.165, 1.54) is 24.4 Å². The molecule has 20 heavy (non-hydrogen) atoms. The average molecular weight is 292 g/mol. The van der Waals surface area contributed by atoms with Gasteiger partial charge in [-0.25, -0.2) is 4.98 Å². The standard InChI is InChI=1S/C15H24N4S/c1-4-18(10-11(2)3)14-13(9-16-12-5-6-12)19-7-8-20-15(19)17-14/h7-8,11-12,16H,4-6,9-10H2,1-3H3. The minimum atomic E-state index is 0.652. The molecule has 3 rings (SSSR count). The molecule has 1 aliphatic carbocycles. The van der Waals surface area contributed by atoms with Crippen LogP contribution in [0.3, 0.4) is 0 Å². The molecule has 0 aliphatic heterocycles. The zero-order valence-corrected chi connectivity index (χ0v) is 13.4. The highest BCUT2D eigenvalue weighted by Crippen LogP contribution is 2.27. The van der Waals surface area contributed by atoms with E-state index in [1.807, 2.05) is 0 Å². The van der Waals surface area contributed by atoms with Crippen LogP contribution in [0, 0.1) is 5.92 Å². The van der Waals surface area contributed by atoms with Crippen LogP contribution in [-0.4, -0.2) is 28.5 Å². The number of thiazole rings is 1. The summed E-state index contributed by atoms with van der Waals surface area (Å²) in [6.45, 7) is 9.75. The predicted molar refractivity (Wildman–Crippen MR) is 85.7 cm³/mol. The molecule has 1 N–H and O–H groups in total. The topological polar surface area (TPSA) is 32.6 Å². The Kier molecular flexibility index (Phi) is 3.98. The molecule has 110 valence electrons. The Labute approximate surface area is 124 Å². The van der Waals surface area contributed by atoms with Crippen molar-refractivity contribution < 1.29 is 0 Å². The number of anilines is 1. The molecule has 0 radical (unpaired) electrons. The second-order valence-corrected chi connectivity index (χ2v) is 6.90. The van der Waals surface area contributed by atoms with Crippen molar-refractivity contribution in [2.24, 2.45) is 5.92 Å². The lowest BCUT2D eigenvalue weighted by molar-refractivity contribution is 0.608. The van der Waals surface area contributed by atoms with E-state index in [-0.39, 0.29) is 0 Å². The molecule has 1 aliphatic rings. The van der Waals surface area contributed by atoms with Gasteiger partial charge in [-0.3, -0.25) is 4.40 Å². The summed E-state index contributed by atoms with van der Waals surface area (Å²) in [5, 5.41) is 5.75. The zero-order chi connectivity index (χ0) is 14.1. The molecular weight excluding hydrogens is 268 g/mol. The Bertz CT molecular complexity index is 567. The van der Waals surface area contributed by atoms with Crippen LogP contribution in [0.25, 0.3) is 4.96 Å². The highest BCUT2D eigenvalue weighted by atomic mass is 32.1. The summed E-state index contributed by atoms with van der Waals surface area (Å²) in [5.74, 6) is 1.82. The minimum absolute atomic E-state index is 0.652. The average Bonchev–Trinajstić information content (AvgIpc) is 3.02. The monoisotopic (exact) mass is 292 g/mol. The number of hydrogen-bond donors (Lipinski definition) is 1. The normalized spacial score (nSPS) is 15.4. The smallest absolute Gasteiger partial charge is 0.195 e. The number of aromatic nitrogens is 2. The Hall–Kier alpha value is -1.07. The molecule has 2 aromatic rings. The van der Waals surface area contributed by atoms with Crippen molar-refractivity contribution >= 4 is 22.1 Å². The minimum Gasteiger partial charge on any atom is -0.355 e. The Morgan fingerprint density at radius 1 is 1.50 bits per heavy atom. The maximum Gasteiger partial charge on any atom is 0.195 e. The zero-order valence-electron chi connectivity index (χ0n) is 12.6. The van der Waals surface area contributed by atoms with E-state index < -0.39 is 0 Å². The third-order valence-electron chi connectivity index (χ3n) is 3.74. The summed E-state index contributed by atoms with van der Waals surface area (Å²) in [5.41, 5.74) is 1.32. The largest absolute Gasteiger partial charge is 0.355 e. The van der Waals surface area contributed by atoms with Gasteiger partial charge >= 0.3 is 0 Å². The van der Waals surface area contributed by atoms with Gasteiger partial charge in [0, 0.05) is 37.3 Å². The summed E-state index contributed by atoms with van der Waals surface area (Å²) in [4.78, 5) is 8.38. The van der Waals surface area contributed by atoms with Crippen molar-refractivity contribution in [1.29, 1.82) is 0 Å². The molecule has 2 heterocycles. The molecule has 0 spiro atoms. The van der Waals surface area contributed by atoms with Gasteiger partial charge in [0.1, 0.15) is 0 Å². The summed E-state index contributed by atoms with van der Waals surface area (Å²) < 4.78 is 2.25. The van der Waals surface area contributed by atoms with Gasteiger partial charge in [-0.2, -0.15) is 0 Å². The maximum absolute atomic E-state index is 4.86. The van der Waals surface area contributed by atoms with Crippen LogP contribution in [0.5, 0.6) is 0 Å². The van der Waals surface area contributed by atoms with E-state index in [1.54, 1.807) is 11.3 Å². The first-order valence-corrected chi connectivity index (χ1v) is 8.49. The first kappa shape index (κ1) is 13.9. The van der Waals surface area contributed by atoms with E-state index in [0.717, 1.165) is 30.6 Å². The quantitative estimate of drug-likeness (QED) is 0.851. The van der Waals surface area contributed by atoms with Crippen LogP contribution < -0.4 is 10.2 Å². The van der Waals surface area contributed by atoms with Crippen LogP contribution in [0.15, 0.2) is 11.6 Å². The fraction of sp³-hybridized carbons (Fsp3) is 0.667. The van der Waals surface area contributed by atoms with Gasteiger partial charge in [-0.15, -0.1) is 11.3 Å². The van der Waals surface area contributed by atoms with E-state index in [9.17, 15) is 0 Å². The number of fused-ring (bicyclic) bond motifs is 1. The number of nitrogens with zero attached hydrogens (tertiary/aromatic N) is 3. The molecule has 0 atom stereocenters. The van der Waals surface area contributed by atoms with Crippen LogP contribution >= 0.6 is 11.3 Å². The molecule has 1 saturated carbocycles. The van der Waals surface area contributed by atoms with Gasteiger partial charge < -0.3 is 10.2 Å². The van der Waals surface area contributed by atoms with E-state index in [0.29, 0.717) is 5.92 Å². The third-order valence-corrected chi connectivity index (χ3v) is 4.50. The lowest BCUT2D eigenvalue weighted by Crippen LogP contribution is -2.29. The molecule has 1 fully saturated rings. The van der Waals surface area contributed by atoms with Gasteiger partial charge in [0.2, 0.25) is 0 Å². The molecular formula is C15H24N4S. The van der Waals surface area contributed by atoms with Gasteiger partial charge in [0.05, 0.1) is 5.69 Å². The molecule has 0 unspecified atom stereocenters. The summed E-state index contributed by atoms with van der Waals surface area (Å²) in [6, 6.07) is 0.729. The van der Waals surface area contributed by atoms with Crippen LogP contribution in [0.1, 0.15) is 39.3 Å². The van der Waals surface area contributed by atoms with E-state index in [4.69, 9.17) is 4.98 Å². The fourth-order valence-electron chi connectivity index (χ4n) is 2.57. The first-order valence-electron chi connectivity index (χ1n) is 7.61. The second kappa shape index (κ2) is 5.74. The van der Waals surface area contributed by atoms with Crippen molar-refractivity contribution in [1.82, 2.24) is 14.7 Å². The first-order chi connectivity index (χ1) is 9.69. The van der Waals surface area contributed by atoms with Crippen LogP contribution in [-0.2, 0) is 6.54 Å². The molecule has 0 aromatic carbocycles. The van der Waals surface area contributed by atoms with Gasteiger partial charge in [0.25, 0.3) is 0 Å². The summed E-state index contributed by atoms with van der Waals surface area (Å²) in [7, 11) is 0. The molecule has 4 nitrogen and oxygen atoms in total. The highest BCUT2D eigenvalue weighted by Gasteiger charge is 2.23. The van der Waals surface area contributed by atoms with Gasteiger partial charge in [0.15, 0.2) is 10.8 Å². The Morgan fingerprint density at radius 3 is 2.95 bits per heavy atom. The van der Waals surface area contributed by atoms with Gasteiger partial charge in [-0.05, 0) is 25.7 Å². The number of imidazole rings is 1. The summed E-state index contributed by atoms with van der Waals surface area (Å²) in [6.07, 6.45) is 4.79. The third kappa shape index (κ3) is 2.83. The van der Waals surface area contributed by atoms with Crippen molar-refractivity contribution in [2.45, 2.75) is 46.2 Å². The lowest BCUT2D eigenvalue weighted by atomic mass is 10.2. The Morgan fingerprint density at radius 2 is 2.30 bits per heavy atom. The molecule has 0 amide bonds. The predicted octanol–water partition coefficient (Wildman–Crippen LogP) is 3.13. The molecule has 0 bridgehead atoms. The second-order valence-electron chi connectivity index (χ2n) is 6.03. The number of nitrogens with one attached hydrogen (secondary N) is 1. The van der Waals surface area contributed by atoms with E-state index in [2.05, 4.69) is 47.0 Å². The fourth-order valence-corrected chi connectivity index (χ4v) is 3.30. The maximum atomic E-state index is 4.86. The van der Waals surface area contributed by atoms with Gasteiger partial charge in [-0.1, -0.05) is 13.8 Å². The van der Waals surface area contributed by atoms with Crippen molar-refractivity contribution in [2.75, 3.05) is 18.0 Å². The van der Waals surface area contributed by atoms with Crippen molar-refractivity contribution in [3.05, 3.63) is 17.3 Å². The molecule has 5 heteroatoms. The molecule has 0 saturated heterocycles. The van der Waals surface area contributed by atoms with Crippen molar-refractivity contribution in [3.63, 3.8) is 0 Å². The highest BCUT2D eigenvalue weighted by molar-refractivity contribution is 7.15. The lowest BCUT2D eigenvalue weighted by Gasteiger charge is -2.24. The van der Waals surface area contributed by atoms with E-state index >= 15 is 0 Å². The summed E-state index contributed by atoms with van der Waals surface area (Å²) >= 11 is 1.72. The molecule has 2 aromatic heterocycles. The SMILES string of the molecule is CCN(CC(C)C)c1nc2sccn2c1CNC1CC1. The van der Waals surface area contributed by atoms with Crippen LogP contribution in [0.2, 0.25) is 0 Å². The number of hydrogen-bond acceptors (Lipinski definition) is 4. The Balaban J connectivity index is 1.89. The number of rotatable bonds is 7. The van der Waals surface area contributed by atoms with Crippen molar-refractivity contribution in [3.8, 4) is 0 Å².